The number of likely N-dealkylation sites (tertiary alicyclic amines) is 1. The third kappa shape index (κ3) is 5.05. The van der Waals surface area contributed by atoms with Gasteiger partial charge in [0.25, 0.3) is 0 Å². The van der Waals surface area contributed by atoms with Gasteiger partial charge in [0.05, 0.1) is 0 Å². The van der Waals surface area contributed by atoms with Crippen LogP contribution < -0.4 is 4.90 Å². The summed E-state index contributed by atoms with van der Waals surface area (Å²) < 4.78 is 13.2. The van der Waals surface area contributed by atoms with Crippen molar-refractivity contribution in [2.24, 2.45) is 0 Å². The molecule has 0 spiro atoms. The van der Waals surface area contributed by atoms with Crippen LogP contribution in [0.1, 0.15) is 31.7 Å². The van der Waals surface area contributed by atoms with E-state index in [2.05, 4.69) is 29.2 Å². The van der Waals surface area contributed by atoms with Gasteiger partial charge in [0.15, 0.2) is 0 Å². The summed E-state index contributed by atoms with van der Waals surface area (Å²) in [4.78, 5) is 16.8. The van der Waals surface area contributed by atoms with Crippen molar-refractivity contribution in [1.29, 1.82) is 0 Å². The van der Waals surface area contributed by atoms with Crippen molar-refractivity contribution in [3.63, 3.8) is 0 Å². The quantitative estimate of drug-likeness (QED) is 0.758. The Bertz CT molecular complexity index is 685. The molecular formula is C21H26ClFN2O. The third-order valence-electron chi connectivity index (χ3n) is 4.85. The van der Waals surface area contributed by atoms with Crippen molar-refractivity contribution >= 4 is 24.0 Å². The molecule has 0 saturated carbocycles. The first kappa shape index (κ1) is 20.4. The highest BCUT2D eigenvalue weighted by Crippen LogP contribution is 2.25. The number of nitrogens with zero attached hydrogens (tertiary/aromatic N) is 2. The maximum Gasteiger partial charge on any atom is 0.226 e. The lowest BCUT2D eigenvalue weighted by molar-refractivity contribution is -0.119. The summed E-state index contributed by atoms with van der Waals surface area (Å²) >= 11 is 0. The van der Waals surface area contributed by atoms with Crippen molar-refractivity contribution in [2.45, 2.75) is 38.8 Å². The Morgan fingerprint density at radius 2 is 1.69 bits per heavy atom. The molecule has 1 saturated heterocycles. The molecule has 26 heavy (non-hydrogen) atoms. The molecule has 0 unspecified atom stereocenters. The summed E-state index contributed by atoms with van der Waals surface area (Å²) in [6, 6.07) is 16.9. The van der Waals surface area contributed by atoms with Gasteiger partial charge < -0.3 is 4.90 Å². The molecule has 2 aromatic rings. The lowest BCUT2D eigenvalue weighted by atomic mass is 10.0. The van der Waals surface area contributed by atoms with Crippen molar-refractivity contribution < 1.29 is 9.18 Å². The van der Waals surface area contributed by atoms with Crippen molar-refractivity contribution in [3.05, 3.63) is 66.0 Å². The van der Waals surface area contributed by atoms with Crippen LogP contribution in [0.5, 0.6) is 0 Å². The Balaban J connectivity index is 0.00000243. The third-order valence-corrected chi connectivity index (χ3v) is 4.85. The maximum absolute atomic E-state index is 13.2. The van der Waals surface area contributed by atoms with Gasteiger partial charge in [-0.3, -0.25) is 9.69 Å². The molecule has 3 rings (SSSR count). The van der Waals surface area contributed by atoms with Gasteiger partial charge in [-0.05, 0) is 42.7 Å². The van der Waals surface area contributed by atoms with E-state index in [0.29, 0.717) is 6.42 Å². The molecule has 1 aliphatic rings. The van der Waals surface area contributed by atoms with Gasteiger partial charge in [-0.1, -0.05) is 37.3 Å². The van der Waals surface area contributed by atoms with E-state index in [1.165, 1.54) is 17.7 Å². The van der Waals surface area contributed by atoms with E-state index in [0.717, 1.165) is 38.2 Å². The fraction of sp³-hybridized carbons (Fsp3) is 0.381. The van der Waals surface area contributed by atoms with Crippen LogP contribution >= 0.6 is 12.4 Å². The first-order valence-corrected chi connectivity index (χ1v) is 9.01. The van der Waals surface area contributed by atoms with Gasteiger partial charge in [-0.25, -0.2) is 4.39 Å². The Kier molecular flexibility index (Phi) is 7.61. The van der Waals surface area contributed by atoms with Crippen LogP contribution in [0.4, 0.5) is 10.1 Å². The monoisotopic (exact) mass is 376 g/mol. The number of hydrogen-bond acceptors (Lipinski definition) is 2. The molecule has 1 heterocycles. The summed E-state index contributed by atoms with van der Waals surface area (Å²) in [6.45, 7) is 4.76. The second-order valence-electron chi connectivity index (χ2n) is 6.59. The van der Waals surface area contributed by atoms with Crippen LogP contribution in [0, 0.1) is 5.82 Å². The molecule has 1 amide bonds. The summed E-state index contributed by atoms with van der Waals surface area (Å²) in [5.74, 6) is -0.168. The Hall–Kier alpha value is -1.91. The summed E-state index contributed by atoms with van der Waals surface area (Å²) in [5, 5.41) is 0. The number of carbonyl (C=O) groups excluding carboxylic acids is 1. The molecule has 0 N–H and O–H groups in total. The average Bonchev–Trinajstić information content (AvgIpc) is 2.65. The second-order valence-corrected chi connectivity index (χ2v) is 6.59. The largest absolute Gasteiger partial charge is 0.309 e. The fourth-order valence-corrected chi connectivity index (χ4v) is 3.51. The van der Waals surface area contributed by atoms with E-state index in [-0.39, 0.29) is 30.2 Å². The van der Waals surface area contributed by atoms with Gasteiger partial charge in [-0.15, -0.1) is 12.4 Å². The minimum Gasteiger partial charge on any atom is -0.309 e. The highest BCUT2D eigenvalue weighted by molar-refractivity contribution is 5.93. The van der Waals surface area contributed by atoms with Gasteiger partial charge in [0.1, 0.15) is 5.82 Å². The van der Waals surface area contributed by atoms with Gasteiger partial charge >= 0.3 is 0 Å². The van der Waals surface area contributed by atoms with Crippen LogP contribution in [0.2, 0.25) is 0 Å². The minimum absolute atomic E-state index is 0. The normalized spacial score (nSPS) is 15.3. The molecule has 0 bridgehead atoms. The van der Waals surface area contributed by atoms with Crippen LogP contribution in [-0.2, 0) is 11.3 Å². The number of anilines is 1. The molecular weight excluding hydrogens is 351 g/mol. The number of carbonyl (C=O) groups is 1. The SMILES string of the molecule is CCC(=O)N(c1ccc(F)cc1)C1CCN(Cc2ccccc2)CC1.Cl. The smallest absolute Gasteiger partial charge is 0.226 e. The second kappa shape index (κ2) is 9.70. The van der Waals surface area contributed by atoms with E-state index < -0.39 is 0 Å². The van der Waals surface area contributed by atoms with Gasteiger partial charge in [-0.2, -0.15) is 0 Å². The predicted molar refractivity (Wildman–Crippen MR) is 106 cm³/mol. The molecule has 0 aliphatic carbocycles. The van der Waals surface area contributed by atoms with E-state index >= 15 is 0 Å². The van der Waals surface area contributed by atoms with Crippen LogP contribution in [-0.4, -0.2) is 29.9 Å². The molecule has 0 radical (unpaired) electrons. The number of piperidine rings is 1. The molecule has 1 aliphatic heterocycles. The summed E-state index contributed by atoms with van der Waals surface area (Å²) in [5.41, 5.74) is 2.12. The van der Waals surface area contributed by atoms with E-state index in [1.54, 1.807) is 12.1 Å². The summed E-state index contributed by atoms with van der Waals surface area (Å²) in [6.07, 6.45) is 2.34. The zero-order valence-corrected chi connectivity index (χ0v) is 15.9. The van der Waals surface area contributed by atoms with E-state index in [4.69, 9.17) is 0 Å². The minimum atomic E-state index is -0.273. The van der Waals surface area contributed by atoms with Gasteiger partial charge in [0, 0.05) is 37.8 Å². The number of rotatable bonds is 5. The highest BCUT2D eigenvalue weighted by atomic mass is 35.5. The molecule has 0 atom stereocenters. The lowest BCUT2D eigenvalue weighted by Crippen LogP contribution is -2.47. The topological polar surface area (TPSA) is 23.6 Å². The average molecular weight is 377 g/mol. The Morgan fingerprint density at radius 1 is 1.08 bits per heavy atom. The maximum atomic E-state index is 13.2. The van der Waals surface area contributed by atoms with Crippen LogP contribution in [0.15, 0.2) is 54.6 Å². The molecule has 2 aromatic carbocycles. The van der Waals surface area contributed by atoms with Crippen LogP contribution in [0.3, 0.4) is 0 Å². The van der Waals surface area contributed by atoms with Crippen LogP contribution in [0.25, 0.3) is 0 Å². The molecule has 5 heteroatoms. The number of benzene rings is 2. The number of amides is 1. The zero-order chi connectivity index (χ0) is 17.6. The van der Waals surface area contributed by atoms with Crippen molar-refractivity contribution in [2.75, 3.05) is 18.0 Å². The van der Waals surface area contributed by atoms with E-state index in [9.17, 15) is 9.18 Å². The summed E-state index contributed by atoms with van der Waals surface area (Å²) in [7, 11) is 0. The van der Waals surface area contributed by atoms with Crippen molar-refractivity contribution in [1.82, 2.24) is 4.90 Å². The van der Waals surface area contributed by atoms with Gasteiger partial charge in [0.2, 0.25) is 5.91 Å². The Labute approximate surface area is 161 Å². The standard InChI is InChI=1S/C21H25FN2O.ClH/c1-2-21(25)24(19-10-8-18(22)9-11-19)20-12-14-23(15-13-20)16-17-6-4-3-5-7-17;/h3-11,20H,2,12-16H2,1H3;1H. The lowest BCUT2D eigenvalue weighted by Gasteiger charge is -2.38. The van der Waals surface area contributed by atoms with E-state index in [1.807, 2.05) is 17.9 Å². The first-order chi connectivity index (χ1) is 12.2. The first-order valence-electron chi connectivity index (χ1n) is 9.01. The Morgan fingerprint density at radius 3 is 2.27 bits per heavy atom. The number of hydrogen-bond donors (Lipinski definition) is 0. The highest BCUT2D eigenvalue weighted by Gasteiger charge is 2.28. The predicted octanol–water partition coefficient (Wildman–Crippen LogP) is 4.66. The molecule has 0 aromatic heterocycles. The number of halogens is 2. The van der Waals surface area contributed by atoms with Crippen molar-refractivity contribution in [3.8, 4) is 0 Å². The molecule has 1 fully saturated rings. The fourth-order valence-electron chi connectivity index (χ4n) is 3.51. The molecule has 140 valence electrons. The zero-order valence-electron chi connectivity index (χ0n) is 15.1. The molecule has 3 nitrogen and oxygen atoms in total.